The lowest BCUT2D eigenvalue weighted by Crippen LogP contribution is -2.49. The van der Waals surface area contributed by atoms with E-state index >= 15 is 0 Å². The summed E-state index contributed by atoms with van der Waals surface area (Å²) in [7, 11) is 1.26. The van der Waals surface area contributed by atoms with Gasteiger partial charge in [0.15, 0.2) is 6.29 Å². The quantitative estimate of drug-likeness (QED) is 0.653. The third-order valence-corrected chi connectivity index (χ3v) is 3.49. The van der Waals surface area contributed by atoms with E-state index in [1.165, 1.54) is 7.11 Å². The lowest BCUT2D eigenvalue weighted by molar-refractivity contribution is -0.160. The number of carbonyl (C=O) groups excluding carboxylic acids is 2. The van der Waals surface area contributed by atoms with Crippen LogP contribution in [0.15, 0.2) is 30.3 Å². The highest BCUT2D eigenvalue weighted by Gasteiger charge is 2.25. The number of benzene rings is 1. The fraction of sp³-hybridized carbons (Fsp3) is 0.556. The summed E-state index contributed by atoms with van der Waals surface area (Å²) in [5.41, 5.74) is 0.980. The molecule has 140 valence electrons. The zero-order chi connectivity index (χ0) is 18.7. The summed E-state index contributed by atoms with van der Waals surface area (Å²) in [4.78, 5) is 25.8. The summed E-state index contributed by atoms with van der Waals surface area (Å²) in [6, 6.07) is 8.90. The molecule has 0 saturated carbocycles. The van der Waals surface area contributed by atoms with Crippen LogP contribution in [0.3, 0.4) is 0 Å². The molecule has 0 heterocycles. The Morgan fingerprint density at radius 3 is 2.24 bits per heavy atom. The summed E-state index contributed by atoms with van der Waals surface area (Å²) >= 11 is 0. The number of nitrogens with one attached hydrogen (secondary N) is 1. The lowest BCUT2D eigenvalue weighted by atomic mass is 10.2. The lowest BCUT2D eigenvalue weighted by Gasteiger charge is -2.29. The van der Waals surface area contributed by atoms with Crippen LogP contribution in [0.4, 0.5) is 4.79 Å². The van der Waals surface area contributed by atoms with E-state index in [4.69, 9.17) is 9.47 Å². The van der Waals surface area contributed by atoms with Crippen molar-refractivity contribution in [3.8, 4) is 0 Å². The standard InChI is InChI=1S/C18H28N2O5/c1-5-24-16(25-6-2)13-20(12-15-10-8-7-9-11-15)17(21)14(3)19-18(22)23-4/h7-11,14,16H,5-6,12-13H2,1-4H3,(H,19,22). The van der Waals surface area contributed by atoms with Gasteiger partial charge in [-0.3, -0.25) is 4.79 Å². The maximum absolute atomic E-state index is 12.8. The first-order valence-corrected chi connectivity index (χ1v) is 8.42. The molecule has 0 saturated heterocycles. The number of ether oxygens (including phenoxy) is 3. The number of amides is 2. The van der Waals surface area contributed by atoms with Crippen molar-refractivity contribution in [3.05, 3.63) is 35.9 Å². The van der Waals surface area contributed by atoms with Crippen LogP contribution in [0.1, 0.15) is 26.3 Å². The van der Waals surface area contributed by atoms with Crippen LogP contribution >= 0.6 is 0 Å². The van der Waals surface area contributed by atoms with Crippen molar-refractivity contribution in [2.24, 2.45) is 0 Å². The van der Waals surface area contributed by atoms with Gasteiger partial charge in [0.05, 0.1) is 13.7 Å². The first-order valence-electron chi connectivity index (χ1n) is 8.42. The van der Waals surface area contributed by atoms with Crippen LogP contribution in [-0.2, 0) is 25.5 Å². The van der Waals surface area contributed by atoms with Gasteiger partial charge in [0, 0.05) is 19.8 Å². The van der Waals surface area contributed by atoms with Crippen molar-refractivity contribution in [3.63, 3.8) is 0 Å². The predicted molar refractivity (Wildman–Crippen MR) is 93.9 cm³/mol. The Morgan fingerprint density at radius 1 is 1.12 bits per heavy atom. The zero-order valence-electron chi connectivity index (χ0n) is 15.4. The minimum Gasteiger partial charge on any atom is -0.453 e. The van der Waals surface area contributed by atoms with Gasteiger partial charge in [-0.15, -0.1) is 0 Å². The third-order valence-electron chi connectivity index (χ3n) is 3.49. The van der Waals surface area contributed by atoms with Crippen LogP contribution in [0, 0.1) is 0 Å². The molecular formula is C18H28N2O5. The minimum absolute atomic E-state index is 0.237. The second kappa shape index (κ2) is 11.4. The number of nitrogens with zero attached hydrogens (tertiary/aromatic N) is 1. The highest BCUT2D eigenvalue weighted by Crippen LogP contribution is 2.10. The van der Waals surface area contributed by atoms with Gasteiger partial charge in [0.1, 0.15) is 6.04 Å². The molecule has 1 atom stereocenters. The number of alkyl carbamates (subject to hydrolysis) is 1. The van der Waals surface area contributed by atoms with Crippen molar-refractivity contribution in [2.45, 2.75) is 39.6 Å². The summed E-state index contributed by atoms with van der Waals surface area (Å²) < 4.78 is 15.7. The smallest absolute Gasteiger partial charge is 0.407 e. The van der Waals surface area contributed by atoms with E-state index in [1.54, 1.807) is 11.8 Å². The van der Waals surface area contributed by atoms with Gasteiger partial charge in [0.25, 0.3) is 0 Å². The molecule has 0 fully saturated rings. The molecule has 0 aromatic heterocycles. The predicted octanol–water partition coefficient (Wildman–Crippen LogP) is 2.16. The minimum atomic E-state index is -0.722. The molecule has 0 spiro atoms. The summed E-state index contributed by atoms with van der Waals surface area (Å²) in [5, 5.41) is 2.50. The third kappa shape index (κ3) is 7.53. The highest BCUT2D eigenvalue weighted by atomic mass is 16.7. The van der Waals surface area contributed by atoms with E-state index in [9.17, 15) is 9.59 Å². The van der Waals surface area contributed by atoms with E-state index in [0.29, 0.717) is 19.8 Å². The Hall–Kier alpha value is -2.12. The van der Waals surface area contributed by atoms with Crippen molar-refractivity contribution >= 4 is 12.0 Å². The molecule has 0 aliphatic rings. The van der Waals surface area contributed by atoms with Crippen LogP contribution in [0.2, 0.25) is 0 Å². The second-order valence-electron chi connectivity index (χ2n) is 5.40. The SMILES string of the molecule is CCOC(CN(Cc1ccccc1)C(=O)C(C)NC(=O)OC)OCC. The normalized spacial score (nSPS) is 11.9. The summed E-state index contributed by atoms with van der Waals surface area (Å²) in [6.45, 7) is 6.98. The second-order valence-corrected chi connectivity index (χ2v) is 5.40. The topological polar surface area (TPSA) is 77.1 Å². The van der Waals surface area contributed by atoms with Gasteiger partial charge in [0.2, 0.25) is 5.91 Å². The highest BCUT2D eigenvalue weighted by molar-refractivity contribution is 5.85. The van der Waals surface area contributed by atoms with E-state index in [1.807, 2.05) is 44.2 Å². The Labute approximate surface area is 149 Å². The molecule has 1 unspecified atom stereocenters. The van der Waals surface area contributed by atoms with Crippen molar-refractivity contribution < 1.29 is 23.8 Å². The molecule has 0 aliphatic heterocycles. The van der Waals surface area contributed by atoms with Gasteiger partial charge in [-0.25, -0.2) is 4.79 Å². The maximum Gasteiger partial charge on any atom is 0.407 e. The largest absolute Gasteiger partial charge is 0.453 e. The van der Waals surface area contributed by atoms with Gasteiger partial charge < -0.3 is 24.4 Å². The van der Waals surface area contributed by atoms with Crippen LogP contribution < -0.4 is 5.32 Å². The van der Waals surface area contributed by atoms with Crippen molar-refractivity contribution in [1.82, 2.24) is 10.2 Å². The molecular weight excluding hydrogens is 324 g/mol. The van der Waals surface area contributed by atoms with E-state index in [2.05, 4.69) is 10.1 Å². The number of hydrogen-bond acceptors (Lipinski definition) is 5. The molecule has 1 aromatic carbocycles. The molecule has 2 amide bonds. The molecule has 1 aromatic rings. The van der Waals surface area contributed by atoms with E-state index in [0.717, 1.165) is 5.56 Å². The molecule has 0 radical (unpaired) electrons. The van der Waals surface area contributed by atoms with Crippen LogP contribution in [0.25, 0.3) is 0 Å². The van der Waals surface area contributed by atoms with Crippen molar-refractivity contribution in [1.29, 1.82) is 0 Å². The number of carbonyl (C=O) groups is 2. The van der Waals surface area contributed by atoms with Gasteiger partial charge in [-0.2, -0.15) is 0 Å². The van der Waals surface area contributed by atoms with E-state index in [-0.39, 0.29) is 12.5 Å². The summed E-state index contributed by atoms with van der Waals surface area (Å²) in [6.07, 6.45) is -1.17. The van der Waals surface area contributed by atoms with Gasteiger partial charge >= 0.3 is 6.09 Å². The fourth-order valence-corrected chi connectivity index (χ4v) is 2.31. The molecule has 1 rings (SSSR count). The number of methoxy groups -OCH3 is 1. The molecule has 7 nitrogen and oxygen atoms in total. The first-order chi connectivity index (χ1) is 12.0. The van der Waals surface area contributed by atoms with Crippen LogP contribution in [0.5, 0.6) is 0 Å². The average Bonchev–Trinajstić information content (AvgIpc) is 2.61. The Bertz CT molecular complexity index is 517. The zero-order valence-corrected chi connectivity index (χ0v) is 15.4. The molecule has 0 bridgehead atoms. The summed E-state index contributed by atoms with van der Waals surface area (Å²) in [5.74, 6) is -0.237. The van der Waals surface area contributed by atoms with E-state index < -0.39 is 18.4 Å². The Balaban J connectivity index is 2.88. The van der Waals surface area contributed by atoms with Crippen molar-refractivity contribution in [2.75, 3.05) is 26.9 Å². The van der Waals surface area contributed by atoms with Gasteiger partial charge in [-0.05, 0) is 26.3 Å². The Morgan fingerprint density at radius 2 is 1.72 bits per heavy atom. The molecule has 0 aliphatic carbocycles. The van der Waals surface area contributed by atoms with Crippen LogP contribution in [-0.4, -0.2) is 56.1 Å². The molecule has 25 heavy (non-hydrogen) atoms. The first kappa shape index (κ1) is 20.9. The Kier molecular flexibility index (Phi) is 9.57. The average molecular weight is 352 g/mol. The maximum atomic E-state index is 12.8. The number of hydrogen-bond donors (Lipinski definition) is 1. The fourth-order valence-electron chi connectivity index (χ4n) is 2.31. The number of rotatable bonds is 10. The molecule has 7 heteroatoms. The molecule has 1 N–H and O–H groups in total. The van der Waals surface area contributed by atoms with Gasteiger partial charge in [-0.1, -0.05) is 30.3 Å². The monoisotopic (exact) mass is 352 g/mol.